The molecule has 0 aliphatic rings. The van der Waals surface area contributed by atoms with E-state index in [9.17, 15) is 8.78 Å². The molecule has 0 saturated carbocycles. The van der Waals surface area contributed by atoms with Crippen LogP contribution in [0.1, 0.15) is 17.2 Å². The van der Waals surface area contributed by atoms with Gasteiger partial charge in [-0.1, -0.05) is 22.0 Å². The smallest absolute Gasteiger partial charge is 0.129 e. The van der Waals surface area contributed by atoms with Gasteiger partial charge in [0, 0.05) is 16.6 Å². The maximum absolute atomic E-state index is 13.6. The van der Waals surface area contributed by atoms with Crippen LogP contribution in [-0.4, -0.2) is 7.11 Å². The summed E-state index contributed by atoms with van der Waals surface area (Å²) < 4.78 is 32.5. The van der Waals surface area contributed by atoms with Gasteiger partial charge in [-0.2, -0.15) is 0 Å². The highest BCUT2D eigenvalue weighted by Gasteiger charge is 2.14. The number of rotatable bonds is 4. The third kappa shape index (κ3) is 3.35. The van der Waals surface area contributed by atoms with Crippen LogP contribution in [0, 0.1) is 11.6 Å². The van der Waals surface area contributed by atoms with E-state index in [0.29, 0.717) is 11.3 Å². The normalized spacial score (nSPS) is 12.2. The molecule has 2 N–H and O–H groups in total. The maximum atomic E-state index is 13.6. The standard InChI is InChI=1S/C15H14BrF2NO/c1-20-11-4-5-13(16)12(8-11)15(19)6-9-2-3-10(17)7-14(9)18/h2-5,7-8,15H,6,19H2,1H3. The Labute approximate surface area is 124 Å². The van der Waals surface area contributed by atoms with Crippen molar-refractivity contribution < 1.29 is 13.5 Å². The van der Waals surface area contributed by atoms with E-state index >= 15 is 0 Å². The van der Waals surface area contributed by atoms with E-state index in [4.69, 9.17) is 10.5 Å². The van der Waals surface area contributed by atoms with Crippen molar-refractivity contribution >= 4 is 15.9 Å². The molecule has 2 nitrogen and oxygen atoms in total. The number of benzene rings is 2. The first-order valence-corrected chi connectivity index (χ1v) is 6.83. The first-order valence-electron chi connectivity index (χ1n) is 6.04. The van der Waals surface area contributed by atoms with E-state index in [1.165, 1.54) is 12.1 Å². The average molecular weight is 342 g/mol. The molecular formula is C15H14BrF2NO. The Balaban J connectivity index is 2.25. The van der Waals surface area contributed by atoms with Crippen LogP contribution in [-0.2, 0) is 6.42 Å². The molecule has 0 aliphatic heterocycles. The molecule has 0 radical (unpaired) electrons. The third-order valence-electron chi connectivity index (χ3n) is 3.06. The Morgan fingerprint density at radius 2 is 1.95 bits per heavy atom. The molecule has 2 rings (SSSR count). The lowest BCUT2D eigenvalue weighted by molar-refractivity contribution is 0.413. The quantitative estimate of drug-likeness (QED) is 0.912. The van der Waals surface area contributed by atoms with Crippen LogP contribution in [0.4, 0.5) is 8.78 Å². The minimum Gasteiger partial charge on any atom is -0.497 e. The Morgan fingerprint density at radius 3 is 2.60 bits per heavy atom. The molecule has 0 bridgehead atoms. The van der Waals surface area contributed by atoms with Gasteiger partial charge in [0.25, 0.3) is 0 Å². The van der Waals surface area contributed by atoms with Crippen LogP contribution in [0.15, 0.2) is 40.9 Å². The molecule has 2 aromatic carbocycles. The fraction of sp³-hybridized carbons (Fsp3) is 0.200. The molecule has 0 amide bonds. The first kappa shape index (κ1) is 14.9. The molecule has 5 heteroatoms. The number of hydrogen-bond donors (Lipinski definition) is 1. The number of hydrogen-bond acceptors (Lipinski definition) is 2. The highest BCUT2D eigenvalue weighted by atomic mass is 79.9. The number of ether oxygens (including phenoxy) is 1. The minimum atomic E-state index is -0.595. The zero-order valence-corrected chi connectivity index (χ0v) is 12.5. The molecule has 0 aromatic heterocycles. The van der Waals surface area contributed by atoms with Crippen molar-refractivity contribution in [2.24, 2.45) is 5.73 Å². The van der Waals surface area contributed by atoms with Gasteiger partial charge in [0.1, 0.15) is 17.4 Å². The second kappa shape index (κ2) is 6.33. The van der Waals surface area contributed by atoms with E-state index in [1.807, 2.05) is 6.07 Å². The highest BCUT2D eigenvalue weighted by Crippen LogP contribution is 2.29. The molecule has 0 aliphatic carbocycles. The van der Waals surface area contributed by atoms with Crippen molar-refractivity contribution in [2.45, 2.75) is 12.5 Å². The van der Waals surface area contributed by atoms with Crippen molar-refractivity contribution in [2.75, 3.05) is 7.11 Å². The summed E-state index contributed by atoms with van der Waals surface area (Å²) in [5, 5.41) is 0. The zero-order valence-electron chi connectivity index (χ0n) is 10.9. The summed E-state index contributed by atoms with van der Waals surface area (Å²) in [7, 11) is 1.57. The summed E-state index contributed by atoms with van der Waals surface area (Å²) in [4.78, 5) is 0. The molecular weight excluding hydrogens is 328 g/mol. The van der Waals surface area contributed by atoms with Crippen LogP contribution >= 0.6 is 15.9 Å². The molecule has 0 saturated heterocycles. The lowest BCUT2D eigenvalue weighted by Gasteiger charge is -2.15. The second-order valence-corrected chi connectivity index (χ2v) is 5.29. The summed E-state index contributed by atoms with van der Waals surface area (Å²) in [6, 6.07) is 8.52. The summed E-state index contributed by atoms with van der Waals surface area (Å²) >= 11 is 3.41. The van der Waals surface area contributed by atoms with Crippen molar-refractivity contribution in [1.29, 1.82) is 0 Å². The summed E-state index contributed by atoms with van der Waals surface area (Å²) in [6.07, 6.45) is 0.276. The van der Waals surface area contributed by atoms with Gasteiger partial charge in [-0.05, 0) is 41.8 Å². The predicted molar refractivity (Wildman–Crippen MR) is 77.7 cm³/mol. The predicted octanol–water partition coefficient (Wildman–Crippen LogP) is 3.98. The zero-order chi connectivity index (χ0) is 14.7. The topological polar surface area (TPSA) is 35.2 Å². The van der Waals surface area contributed by atoms with Gasteiger partial charge >= 0.3 is 0 Å². The Hall–Kier alpha value is -1.46. The van der Waals surface area contributed by atoms with Gasteiger partial charge < -0.3 is 10.5 Å². The Kier molecular flexibility index (Phi) is 4.73. The molecule has 0 fully saturated rings. The molecule has 1 atom stereocenters. The molecule has 2 aromatic rings. The third-order valence-corrected chi connectivity index (χ3v) is 3.78. The van der Waals surface area contributed by atoms with Gasteiger partial charge in [0.15, 0.2) is 0 Å². The monoisotopic (exact) mass is 341 g/mol. The van der Waals surface area contributed by atoms with Crippen LogP contribution in [0.25, 0.3) is 0 Å². The van der Waals surface area contributed by atoms with E-state index in [1.54, 1.807) is 19.2 Å². The van der Waals surface area contributed by atoms with Gasteiger partial charge in [0.2, 0.25) is 0 Å². The Morgan fingerprint density at radius 1 is 1.20 bits per heavy atom. The van der Waals surface area contributed by atoms with Crippen LogP contribution in [0.5, 0.6) is 5.75 Å². The van der Waals surface area contributed by atoms with Crippen LogP contribution in [0.2, 0.25) is 0 Å². The fourth-order valence-electron chi connectivity index (χ4n) is 1.97. The lowest BCUT2D eigenvalue weighted by atomic mass is 9.99. The van der Waals surface area contributed by atoms with Gasteiger partial charge in [-0.15, -0.1) is 0 Å². The van der Waals surface area contributed by atoms with Gasteiger partial charge in [-0.25, -0.2) is 8.78 Å². The lowest BCUT2D eigenvalue weighted by Crippen LogP contribution is -2.15. The summed E-state index contributed by atoms with van der Waals surface area (Å²) in [6.45, 7) is 0. The SMILES string of the molecule is COc1ccc(Br)c(C(N)Cc2ccc(F)cc2F)c1. The van der Waals surface area contributed by atoms with Crippen molar-refractivity contribution in [3.05, 3.63) is 63.6 Å². The molecule has 20 heavy (non-hydrogen) atoms. The van der Waals surface area contributed by atoms with E-state index in [-0.39, 0.29) is 6.42 Å². The van der Waals surface area contributed by atoms with Crippen LogP contribution in [0.3, 0.4) is 0 Å². The molecule has 0 heterocycles. The summed E-state index contributed by atoms with van der Waals surface area (Å²) in [5.41, 5.74) is 7.31. The molecule has 106 valence electrons. The van der Waals surface area contributed by atoms with Gasteiger partial charge in [-0.3, -0.25) is 0 Å². The Bertz CT molecular complexity index is 619. The fourth-order valence-corrected chi connectivity index (χ4v) is 2.51. The largest absolute Gasteiger partial charge is 0.497 e. The second-order valence-electron chi connectivity index (χ2n) is 4.43. The van der Waals surface area contributed by atoms with Crippen molar-refractivity contribution in [3.8, 4) is 5.75 Å². The number of methoxy groups -OCH3 is 1. The molecule has 1 unspecified atom stereocenters. The highest BCUT2D eigenvalue weighted by molar-refractivity contribution is 9.10. The minimum absolute atomic E-state index is 0.276. The number of nitrogens with two attached hydrogens (primary N) is 1. The average Bonchev–Trinajstić information content (AvgIpc) is 2.42. The van der Waals surface area contributed by atoms with Gasteiger partial charge in [0.05, 0.1) is 7.11 Å². The van der Waals surface area contributed by atoms with E-state index in [2.05, 4.69) is 15.9 Å². The maximum Gasteiger partial charge on any atom is 0.129 e. The van der Waals surface area contributed by atoms with Crippen LogP contribution < -0.4 is 10.5 Å². The first-order chi connectivity index (χ1) is 9.51. The van der Waals surface area contributed by atoms with Crippen molar-refractivity contribution in [3.63, 3.8) is 0 Å². The van der Waals surface area contributed by atoms with Crippen molar-refractivity contribution in [1.82, 2.24) is 0 Å². The number of halogens is 3. The molecule has 0 spiro atoms. The van der Waals surface area contributed by atoms with E-state index in [0.717, 1.165) is 16.1 Å². The summed E-state index contributed by atoms with van der Waals surface area (Å²) in [5.74, 6) is -0.500. The van der Waals surface area contributed by atoms with E-state index < -0.39 is 17.7 Å².